The summed E-state index contributed by atoms with van der Waals surface area (Å²) >= 11 is 0. The topological polar surface area (TPSA) is 69.6 Å². The fourth-order valence-electron chi connectivity index (χ4n) is 2.20. The lowest BCUT2D eigenvalue weighted by molar-refractivity contribution is -0.150. The van der Waals surface area contributed by atoms with Crippen LogP contribution in [0.5, 0.6) is 0 Å². The lowest BCUT2D eigenvalue weighted by Crippen LogP contribution is -2.60. The van der Waals surface area contributed by atoms with E-state index in [9.17, 15) is 14.7 Å². The number of hydrogen-bond donors (Lipinski definition) is 2. The maximum Gasteiger partial charge on any atom is 0.329 e. The molecule has 0 radical (unpaired) electrons. The standard InChI is InChI=1S/C14H26N2O3/c1-5-13(2,3)10-15-12(19)16-9-7-6-8-14(16,4)11(17)18/h5-10H2,1-4H3,(H,15,19)(H,17,18). The van der Waals surface area contributed by atoms with Gasteiger partial charge in [-0.15, -0.1) is 0 Å². The molecule has 19 heavy (non-hydrogen) atoms. The molecule has 1 aliphatic heterocycles. The number of nitrogens with one attached hydrogen (secondary N) is 1. The van der Waals surface area contributed by atoms with E-state index in [2.05, 4.69) is 26.1 Å². The van der Waals surface area contributed by atoms with Gasteiger partial charge in [-0.05, 0) is 38.0 Å². The number of carbonyl (C=O) groups excluding carboxylic acids is 1. The van der Waals surface area contributed by atoms with Crippen molar-refractivity contribution in [2.75, 3.05) is 13.1 Å². The molecule has 1 atom stereocenters. The first-order valence-electron chi connectivity index (χ1n) is 7.02. The third kappa shape index (κ3) is 3.61. The van der Waals surface area contributed by atoms with E-state index < -0.39 is 11.5 Å². The Bertz CT molecular complexity index is 355. The van der Waals surface area contributed by atoms with Crippen molar-refractivity contribution in [3.8, 4) is 0 Å². The average molecular weight is 270 g/mol. The van der Waals surface area contributed by atoms with Gasteiger partial charge in [-0.25, -0.2) is 9.59 Å². The number of rotatable bonds is 4. The number of urea groups is 1. The zero-order valence-corrected chi connectivity index (χ0v) is 12.5. The number of amides is 2. The highest BCUT2D eigenvalue weighted by molar-refractivity contribution is 5.86. The predicted molar refractivity (Wildman–Crippen MR) is 74.1 cm³/mol. The maximum absolute atomic E-state index is 12.2. The number of carboxylic acids is 1. The molecule has 1 aliphatic rings. The Kier molecular flexibility index (Phi) is 4.82. The highest BCUT2D eigenvalue weighted by Crippen LogP contribution is 2.28. The summed E-state index contributed by atoms with van der Waals surface area (Å²) in [5.41, 5.74) is -1.04. The second kappa shape index (κ2) is 5.80. The molecule has 5 nitrogen and oxygen atoms in total. The molecule has 1 saturated heterocycles. The van der Waals surface area contributed by atoms with Gasteiger partial charge in [-0.1, -0.05) is 20.8 Å². The summed E-state index contributed by atoms with van der Waals surface area (Å²) in [6.45, 7) is 8.96. The van der Waals surface area contributed by atoms with Crippen LogP contribution in [0.25, 0.3) is 0 Å². The number of carbonyl (C=O) groups is 2. The number of piperidine rings is 1. The van der Waals surface area contributed by atoms with Crippen LogP contribution in [0.3, 0.4) is 0 Å². The normalized spacial score (nSPS) is 24.1. The molecule has 2 amide bonds. The molecule has 1 heterocycles. The number of aliphatic carboxylic acids is 1. The number of hydrogen-bond acceptors (Lipinski definition) is 2. The largest absolute Gasteiger partial charge is 0.480 e. The molecule has 0 spiro atoms. The molecular weight excluding hydrogens is 244 g/mol. The van der Waals surface area contributed by atoms with E-state index in [4.69, 9.17) is 0 Å². The predicted octanol–water partition coefficient (Wildman–Crippen LogP) is 2.46. The second-order valence-electron chi connectivity index (χ2n) is 6.36. The summed E-state index contributed by atoms with van der Waals surface area (Å²) < 4.78 is 0. The van der Waals surface area contributed by atoms with Gasteiger partial charge in [0.05, 0.1) is 0 Å². The lowest BCUT2D eigenvalue weighted by atomic mass is 9.88. The van der Waals surface area contributed by atoms with Gasteiger partial charge in [0.15, 0.2) is 0 Å². The third-order valence-corrected chi connectivity index (χ3v) is 4.27. The molecule has 1 fully saturated rings. The Balaban J connectivity index is 2.71. The van der Waals surface area contributed by atoms with Gasteiger partial charge in [-0.2, -0.15) is 0 Å². The molecule has 0 aromatic rings. The quantitative estimate of drug-likeness (QED) is 0.824. The monoisotopic (exact) mass is 270 g/mol. The van der Waals surface area contributed by atoms with E-state index in [-0.39, 0.29) is 11.4 Å². The van der Waals surface area contributed by atoms with Gasteiger partial charge >= 0.3 is 12.0 Å². The van der Waals surface area contributed by atoms with Crippen molar-refractivity contribution in [2.45, 2.75) is 58.9 Å². The molecule has 0 bridgehead atoms. The van der Waals surface area contributed by atoms with Crippen molar-refractivity contribution >= 4 is 12.0 Å². The van der Waals surface area contributed by atoms with Crippen molar-refractivity contribution in [3.05, 3.63) is 0 Å². The van der Waals surface area contributed by atoms with Gasteiger partial charge in [-0.3, -0.25) is 0 Å². The minimum absolute atomic E-state index is 0.0328. The van der Waals surface area contributed by atoms with Gasteiger partial charge in [0.25, 0.3) is 0 Å². The molecule has 0 aromatic carbocycles. The van der Waals surface area contributed by atoms with Gasteiger partial charge < -0.3 is 15.3 Å². The zero-order valence-electron chi connectivity index (χ0n) is 12.5. The number of likely N-dealkylation sites (tertiary alicyclic amines) is 1. The van der Waals surface area contributed by atoms with Crippen molar-refractivity contribution in [1.82, 2.24) is 10.2 Å². The van der Waals surface area contributed by atoms with E-state index in [1.165, 1.54) is 4.90 Å². The smallest absolute Gasteiger partial charge is 0.329 e. The molecule has 110 valence electrons. The summed E-state index contributed by atoms with van der Waals surface area (Å²) in [5.74, 6) is -0.919. The van der Waals surface area contributed by atoms with E-state index in [0.29, 0.717) is 19.5 Å². The maximum atomic E-state index is 12.2. The summed E-state index contributed by atoms with van der Waals surface area (Å²) in [4.78, 5) is 25.1. The van der Waals surface area contributed by atoms with Crippen LogP contribution < -0.4 is 5.32 Å². The SMILES string of the molecule is CCC(C)(C)CNC(=O)N1CCCCC1(C)C(=O)O. The van der Waals surface area contributed by atoms with E-state index in [1.54, 1.807) is 6.92 Å². The molecule has 0 aromatic heterocycles. The van der Waals surface area contributed by atoms with Crippen molar-refractivity contribution in [1.29, 1.82) is 0 Å². The Labute approximate surface area is 115 Å². The van der Waals surface area contributed by atoms with Gasteiger partial charge in [0, 0.05) is 13.1 Å². The number of carboxylic acid groups (broad SMARTS) is 1. The second-order valence-corrected chi connectivity index (χ2v) is 6.36. The highest BCUT2D eigenvalue weighted by atomic mass is 16.4. The van der Waals surface area contributed by atoms with Crippen LogP contribution >= 0.6 is 0 Å². The van der Waals surface area contributed by atoms with Crippen LogP contribution in [0, 0.1) is 5.41 Å². The van der Waals surface area contributed by atoms with Crippen LogP contribution in [-0.2, 0) is 4.79 Å². The van der Waals surface area contributed by atoms with E-state index in [1.807, 2.05) is 0 Å². The zero-order chi connectivity index (χ0) is 14.7. The van der Waals surface area contributed by atoms with Crippen LogP contribution in [-0.4, -0.2) is 40.6 Å². The lowest BCUT2D eigenvalue weighted by Gasteiger charge is -2.41. The fraction of sp³-hybridized carbons (Fsp3) is 0.857. The fourth-order valence-corrected chi connectivity index (χ4v) is 2.20. The molecular formula is C14H26N2O3. The van der Waals surface area contributed by atoms with Crippen LogP contribution in [0.4, 0.5) is 4.79 Å². The van der Waals surface area contributed by atoms with Crippen LogP contribution in [0.15, 0.2) is 0 Å². The van der Waals surface area contributed by atoms with E-state index >= 15 is 0 Å². The molecule has 1 rings (SSSR count). The molecule has 5 heteroatoms. The highest BCUT2D eigenvalue weighted by Gasteiger charge is 2.44. The molecule has 0 aliphatic carbocycles. The first-order valence-corrected chi connectivity index (χ1v) is 7.02. The Hall–Kier alpha value is -1.26. The van der Waals surface area contributed by atoms with Crippen molar-refractivity contribution in [2.24, 2.45) is 5.41 Å². The minimum Gasteiger partial charge on any atom is -0.480 e. The van der Waals surface area contributed by atoms with Gasteiger partial charge in [0.1, 0.15) is 5.54 Å². The van der Waals surface area contributed by atoms with Crippen LogP contribution in [0.2, 0.25) is 0 Å². The summed E-state index contributed by atoms with van der Waals surface area (Å²) in [7, 11) is 0. The van der Waals surface area contributed by atoms with E-state index in [0.717, 1.165) is 19.3 Å². The minimum atomic E-state index is -1.07. The Morgan fingerprint density at radius 3 is 2.53 bits per heavy atom. The molecule has 0 saturated carbocycles. The Morgan fingerprint density at radius 2 is 2.00 bits per heavy atom. The first kappa shape index (κ1) is 15.8. The molecule has 2 N–H and O–H groups in total. The van der Waals surface area contributed by atoms with Crippen molar-refractivity contribution < 1.29 is 14.7 Å². The van der Waals surface area contributed by atoms with Crippen molar-refractivity contribution in [3.63, 3.8) is 0 Å². The Morgan fingerprint density at radius 1 is 1.37 bits per heavy atom. The average Bonchev–Trinajstić information content (AvgIpc) is 2.36. The summed E-state index contributed by atoms with van der Waals surface area (Å²) in [6, 6.07) is -0.258. The summed E-state index contributed by atoms with van der Waals surface area (Å²) in [5, 5.41) is 12.2. The number of nitrogens with zero attached hydrogens (tertiary/aromatic N) is 1. The first-order chi connectivity index (χ1) is 8.73. The summed E-state index contributed by atoms with van der Waals surface area (Å²) in [6.07, 6.45) is 3.21. The molecule has 1 unspecified atom stereocenters. The third-order valence-electron chi connectivity index (χ3n) is 4.27. The van der Waals surface area contributed by atoms with Crippen LogP contribution in [0.1, 0.15) is 53.4 Å². The van der Waals surface area contributed by atoms with Gasteiger partial charge in [0.2, 0.25) is 0 Å².